The maximum atomic E-state index is 11.2. The molecule has 1 aromatic rings. The second-order valence-electron chi connectivity index (χ2n) is 4.85. The molecule has 23 heavy (non-hydrogen) atoms. The fourth-order valence-corrected chi connectivity index (χ4v) is 1.72. The molecule has 0 fully saturated rings. The van der Waals surface area contributed by atoms with E-state index in [1.54, 1.807) is 6.07 Å². The van der Waals surface area contributed by atoms with Gasteiger partial charge in [-0.3, -0.25) is 10.1 Å². The summed E-state index contributed by atoms with van der Waals surface area (Å²) in [6.45, 7) is 5.04. The maximum Gasteiger partial charge on any atom is 0.333 e. The molecule has 0 aliphatic heterocycles. The molecule has 1 rings (SSSR count). The van der Waals surface area contributed by atoms with Crippen molar-refractivity contribution in [1.29, 1.82) is 0 Å². The van der Waals surface area contributed by atoms with Gasteiger partial charge in [-0.15, -0.1) is 0 Å². The molecule has 7 nitrogen and oxygen atoms in total. The Balaban J connectivity index is 2.73. The van der Waals surface area contributed by atoms with Crippen LogP contribution in [0, 0.1) is 10.1 Å². The van der Waals surface area contributed by atoms with E-state index >= 15 is 0 Å². The average Bonchev–Trinajstić information content (AvgIpc) is 2.49. The normalized spacial score (nSPS) is 10.9. The minimum absolute atomic E-state index is 0.0747. The van der Waals surface area contributed by atoms with Crippen LogP contribution in [0.2, 0.25) is 0 Å². The highest BCUT2D eigenvalue weighted by atomic mass is 16.6. The van der Waals surface area contributed by atoms with Crippen LogP contribution in [0.4, 0.5) is 5.69 Å². The van der Waals surface area contributed by atoms with Gasteiger partial charge in [0.2, 0.25) is 0 Å². The molecule has 122 valence electrons. The Morgan fingerprint density at radius 1 is 1.43 bits per heavy atom. The van der Waals surface area contributed by atoms with Crippen LogP contribution >= 0.6 is 0 Å². The van der Waals surface area contributed by atoms with Gasteiger partial charge in [-0.25, -0.2) is 9.59 Å². The first-order valence-electron chi connectivity index (χ1n) is 6.82. The third-order valence-electron chi connectivity index (χ3n) is 2.87. The van der Waals surface area contributed by atoms with E-state index in [2.05, 4.69) is 6.58 Å². The first-order valence-corrected chi connectivity index (χ1v) is 6.82. The van der Waals surface area contributed by atoms with E-state index < -0.39 is 16.9 Å². The van der Waals surface area contributed by atoms with Crippen molar-refractivity contribution < 1.29 is 24.4 Å². The molecule has 7 heteroatoms. The molecule has 0 radical (unpaired) electrons. The Kier molecular flexibility index (Phi) is 6.67. The fourth-order valence-electron chi connectivity index (χ4n) is 1.72. The molecule has 0 aliphatic rings. The molecule has 0 aromatic heterocycles. The summed E-state index contributed by atoms with van der Waals surface area (Å²) in [6.07, 6.45) is 1.86. The second kappa shape index (κ2) is 8.47. The molecule has 1 N–H and O–H groups in total. The summed E-state index contributed by atoms with van der Waals surface area (Å²) >= 11 is 0. The van der Waals surface area contributed by atoms with E-state index in [-0.39, 0.29) is 29.9 Å². The zero-order valence-corrected chi connectivity index (χ0v) is 12.7. The summed E-state index contributed by atoms with van der Waals surface area (Å²) in [5.41, 5.74) is 0.668. The molecule has 0 atom stereocenters. The number of hydrogen-bond donors (Lipinski definition) is 1. The molecule has 0 unspecified atom stereocenters. The zero-order valence-electron chi connectivity index (χ0n) is 12.7. The van der Waals surface area contributed by atoms with Gasteiger partial charge in [0, 0.05) is 23.3 Å². The van der Waals surface area contributed by atoms with Gasteiger partial charge >= 0.3 is 11.9 Å². The number of ether oxygens (including phenoxy) is 1. The largest absolute Gasteiger partial charge is 0.478 e. The van der Waals surface area contributed by atoms with Crippen molar-refractivity contribution >= 4 is 23.7 Å². The monoisotopic (exact) mass is 319 g/mol. The number of benzene rings is 1. The Morgan fingerprint density at radius 2 is 2.13 bits per heavy atom. The van der Waals surface area contributed by atoms with Gasteiger partial charge in [0.15, 0.2) is 0 Å². The molecule has 0 saturated carbocycles. The van der Waals surface area contributed by atoms with Crippen LogP contribution in [-0.2, 0) is 14.3 Å². The van der Waals surface area contributed by atoms with Crippen LogP contribution in [0.5, 0.6) is 0 Å². The van der Waals surface area contributed by atoms with Crippen molar-refractivity contribution in [1.82, 2.24) is 0 Å². The summed E-state index contributed by atoms with van der Waals surface area (Å²) < 4.78 is 4.89. The second-order valence-corrected chi connectivity index (χ2v) is 4.85. The summed E-state index contributed by atoms with van der Waals surface area (Å²) in [4.78, 5) is 32.6. The van der Waals surface area contributed by atoms with Crippen LogP contribution in [0.25, 0.3) is 6.08 Å². The first-order chi connectivity index (χ1) is 10.8. The Bertz CT molecular complexity index is 662. The highest BCUT2D eigenvalue weighted by Crippen LogP contribution is 2.17. The number of carbonyl (C=O) groups excluding carboxylic acids is 1. The van der Waals surface area contributed by atoms with E-state index in [0.717, 1.165) is 0 Å². The lowest BCUT2D eigenvalue weighted by molar-refractivity contribution is -0.384. The van der Waals surface area contributed by atoms with Gasteiger partial charge < -0.3 is 9.84 Å². The van der Waals surface area contributed by atoms with E-state index in [4.69, 9.17) is 4.74 Å². The number of aliphatic carboxylic acids is 1. The maximum absolute atomic E-state index is 11.2. The predicted octanol–water partition coefficient (Wildman–Crippen LogP) is 2.96. The molecule has 0 amide bonds. The van der Waals surface area contributed by atoms with Gasteiger partial charge in [0.1, 0.15) is 0 Å². The minimum Gasteiger partial charge on any atom is -0.478 e. The van der Waals surface area contributed by atoms with Crippen molar-refractivity contribution in [3.05, 3.63) is 57.7 Å². The van der Waals surface area contributed by atoms with Crippen LogP contribution < -0.4 is 0 Å². The lowest BCUT2D eigenvalue weighted by atomic mass is 10.1. The molecule has 0 heterocycles. The standard InChI is InChI=1S/C16H17NO6/c1-11(2)16(20)23-8-4-6-13(15(18)19)9-12-5-3-7-14(10-12)17(21)22/h3,5,7,9-10H,1,4,6,8H2,2H3,(H,18,19). The molecule has 0 bridgehead atoms. The smallest absolute Gasteiger partial charge is 0.333 e. The average molecular weight is 319 g/mol. The van der Waals surface area contributed by atoms with Crippen molar-refractivity contribution in [2.24, 2.45) is 0 Å². The quantitative estimate of drug-likeness (QED) is 0.259. The van der Waals surface area contributed by atoms with E-state index in [1.807, 2.05) is 0 Å². The van der Waals surface area contributed by atoms with Crippen LogP contribution in [-0.4, -0.2) is 28.6 Å². The summed E-state index contributed by atoms with van der Waals surface area (Å²) in [5, 5.41) is 19.9. The topological polar surface area (TPSA) is 107 Å². The molecule has 1 aromatic carbocycles. The van der Waals surface area contributed by atoms with Gasteiger partial charge in [-0.05, 0) is 31.4 Å². The number of rotatable bonds is 8. The number of carboxylic acid groups (broad SMARTS) is 1. The highest BCUT2D eigenvalue weighted by molar-refractivity contribution is 5.92. The zero-order chi connectivity index (χ0) is 17.4. The highest BCUT2D eigenvalue weighted by Gasteiger charge is 2.10. The number of carboxylic acids is 1. The first kappa shape index (κ1) is 18.1. The number of nitro groups is 1. The summed E-state index contributed by atoms with van der Waals surface area (Å²) in [6, 6.07) is 5.69. The molecular formula is C16H17NO6. The predicted molar refractivity (Wildman–Crippen MR) is 83.7 cm³/mol. The van der Waals surface area contributed by atoms with Gasteiger partial charge in [-0.1, -0.05) is 18.7 Å². The van der Waals surface area contributed by atoms with Gasteiger partial charge in [0.05, 0.1) is 11.5 Å². The third kappa shape index (κ3) is 6.13. The minimum atomic E-state index is -1.12. The van der Waals surface area contributed by atoms with Crippen molar-refractivity contribution in [3.63, 3.8) is 0 Å². The molecular weight excluding hydrogens is 302 g/mol. The molecule has 0 aliphatic carbocycles. The number of carbonyl (C=O) groups is 2. The number of nitro benzene ring substituents is 1. The number of nitrogens with zero attached hydrogens (tertiary/aromatic N) is 1. The van der Waals surface area contributed by atoms with Crippen LogP contribution in [0.15, 0.2) is 42.0 Å². The lowest BCUT2D eigenvalue weighted by Crippen LogP contribution is -2.08. The summed E-state index contributed by atoms with van der Waals surface area (Å²) in [7, 11) is 0. The van der Waals surface area contributed by atoms with Crippen LogP contribution in [0.3, 0.4) is 0 Å². The lowest BCUT2D eigenvalue weighted by Gasteiger charge is -2.05. The van der Waals surface area contributed by atoms with E-state index in [9.17, 15) is 24.8 Å². The Labute approximate surface area is 133 Å². The fraction of sp³-hybridized carbons (Fsp3) is 0.250. The van der Waals surface area contributed by atoms with Gasteiger partial charge in [-0.2, -0.15) is 0 Å². The number of non-ortho nitro benzene ring substituents is 1. The number of hydrogen-bond acceptors (Lipinski definition) is 5. The summed E-state index contributed by atoms with van der Waals surface area (Å²) in [5.74, 6) is -1.65. The van der Waals surface area contributed by atoms with Gasteiger partial charge in [0.25, 0.3) is 5.69 Å². The van der Waals surface area contributed by atoms with Crippen molar-refractivity contribution in [2.45, 2.75) is 19.8 Å². The molecule has 0 saturated heterocycles. The van der Waals surface area contributed by atoms with Crippen LogP contribution in [0.1, 0.15) is 25.3 Å². The Morgan fingerprint density at radius 3 is 2.70 bits per heavy atom. The van der Waals surface area contributed by atoms with E-state index in [1.165, 1.54) is 31.2 Å². The Hall–Kier alpha value is -2.96. The van der Waals surface area contributed by atoms with E-state index in [0.29, 0.717) is 12.0 Å². The third-order valence-corrected chi connectivity index (χ3v) is 2.87. The van der Waals surface area contributed by atoms with Crippen molar-refractivity contribution in [2.75, 3.05) is 6.61 Å². The van der Waals surface area contributed by atoms with Crippen molar-refractivity contribution in [3.8, 4) is 0 Å². The SMILES string of the molecule is C=C(C)C(=O)OCCCC(=Cc1cccc([N+](=O)[O-])c1)C(=O)O. The molecule has 0 spiro atoms. The number of esters is 1.